The van der Waals surface area contributed by atoms with Crippen LogP contribution in [0.5, 0.6) is 0 Å². The molecule has 23 heavy (non-hydrogen) atoms. The number of rotatable bonds is 2. The van der Waals surface area contributed by atoms with Gasteiger partial charge >= 0.3 is 0 Å². The van der Waals surface area contributed by atoms with Crippen LogP contribution in [0.4, 0.5) is 10.2 Å². The molecule has 0 saturated carbocycles. The van der Waals surface area contributed by atoms with Crippen molar-refractivity contribution in [3.8, 4) is 11.1 Å². The van der Waals surface area contributed by atoms with Crippen molar-refractivity contribution in [2.45, 2.75) is 12.5 Å². The van der Waals surface area contributed by atoms with Gasteiger partial charge in [-0.3, -0.25) is 4.90 Å². The number of anilines is 1. The van der Waals surface area contributed by atoms with Gasteiger partial charge in [0.2, 0.25) is 0 Å². The lowest BCUT2D eigenvalue weighted by atomic mass is 10.1. The Balaban J connectivity index is 0.000000960. The van der Waals surface area contributed by atoms with E-state index in [4.69, 9.17) is 0 Å². The van der Waals surface area contributed by atoms with Crippen molar-refractivity contribution in [2.24, 2.45) is 0 Å². The van der Waals surface area contributed by atoms with Crippen molar-refractivity contribution < 1.29 is 4.39 Å². The average molecular weight is 356 g/mol. The van der Waals surface area contributed by atoms with Gasteiger partial charge in [-0.2, -0.15) is 0 Å². The van der Waals surface area contributed by atoms with Crippen LogP contribution in [0.2, 0.25) is 0 Å². The Morgan fingerprint density at radius 1 is 1.00 bits per heavy atom. The number of aromatic nitrogens is 1. The third-order valence-electron chi connectivity index (χ3n) is 4.55. The lowest BCUT2D eigenvalue weighted by Crippen LogP contribution is -2.47. The molecule has 2 atom stereocenters. The van der Waals surface area contributed by atoms with Crippen LogP contribution < -0.4 is 4.90 Å². The van der Waals surface area contributed by atoms with Gasteiger partial charge < -0.3 is 4.90 Å². The predicted molar refractivity (Wildman–Crippen MR) is 96.3 cm³/mol. The fourth-order valence-electron chi connectivity index (χ4n) is 3.40. The van der Waals surface area contributed by atoms with Crippen LogP contribution in [0.3, 0.4) is 0 Å². The van der Waals surface area contributed by atoms with Crippen molar-refractivity contribution >= 4 is 30.6 Å². The summed E-state index contributed by atoms with van der Waals surface area (Å²) in [7, 11) is 0. The number of benzene rings is 1. The minimum atomic E-state index is -0.210. The Bertz CT molecular complexity index is 651. The summed E-state index contributed by atoms with van der Waals surface area (Å²) in [4.78, 5) is 9.54. The molecule has 6 heteroatoms. The van der Waals surface area contributed by atoms with E-state index in [0.717, 1.165) is 36.6 Å². The van der Waals surface area contributed by atoms with Crippen molar-refractivity contribution in [1.82, 2.24) is 9.88 Å². The molecule has 2 aliphatic heterocycles. The van der Waals surface area contributed by atoms with Crippen LogP contribution in [-0.4, -0.2) is 42.1 Å². The van der Waals surface area contributed by atoms with Crippen LogP contribution in [0.15, 0.2) is 42.6 Å². The molecule has 0 N–H and O–H groups in total. The normalized spacial score (nSPS) is 22.2. The maximum absolute atomic E-state index is 13.3. The van der Waals surface area contributed by atoms with Gasteiger partial charge in [0, 0.05) is 44.0 Å². The lowest BCUT2D eigenvalue weighted by molar-refractivity contribution is 0.310. The fraction of sp³-hybridized carbons (Fsp3) is 0.353. The molecular weight excluding hydrogens is 336 g/mol. The second-order valence-electron chi connectivity index (χ2n) is 5.85. The molecule has 0 radical (unpaired) electrons. The molecule has 0 spiro atoms. The van der Waals surface area contributed by atoms with Crippen LogP contribution >= 0.6 is 24.8 Å². The topological polar surface area (TPSA) is 19.4 Å². The van der Waals surface area contributed by atoms with E-state index in [1.807, 2.05) is 18.3 Å². The third-order valence-corrected chi connectivity index (χ3v) is 4.55. The monoisotopic (exact) mass is 355 g/mol. The number of piperazine rings is 1. The molecule has 2 unspecified atom stereocenters. The highest BCUT2D eigenvalue weighted by Gasteiger charge is 2.32. The summed E-state index contributed by atoms with van der Waals surface area (Å²) < 4.78 is 13.3. The minimum Gasteiger partial charge on any atom is -0.351 e. The largest absolute Gasteiger partial charge is 0.351 e. The molecule has 2 saturated heterocycles. The summed E-state index contributed by atoms with van der Waals surface area (Å²) in [6, 6.07) is 11.4. The maximum atomic E-state index is 13.3. The predicted octanol–water partition coefficient (Wildman–Crippen LogP) is 3.63. The zero-order chi connectivity index (χ0) is 14.2. The molecule has 1 aromatic carbocycles. The molecule has 124 valence electrons. The van der Waals surface area contributed by atoms with Gasteiger partial charge in [0.15, 0.2) is 0 Å². The van der Waals surface area contributed by atoms with Gasteiger partial charge in [-0.25, -0.2) is 9.37 Å². The SMILES string of the molecule is Cl.Cl.Fc1cccc(-c2ccc(N3CCN4CCC3C4)nc2)c1. The number of nitrogens with zero attached hydrogens (tertiary/aromatic N) is 3. The quantitative estimate of drug-likeness (QED) is 0.819. The van der Waals surface area contributed by atoms with Crippen LogP contribution in [0.1, 0.15) is 6.42 Å². The van der Waals surface area contributed by atoms with Gasteiger partial charge in [0.25, 0.3) is 0 Å². The van der Waals surface area contributed by atoms with E-state index < -0.39 is 0 Å². The molecule has 2 fully saturated rings. The fourth-order valence-corrected chi connectivity index (χ4v) is 3.40. The van der Waals surface area contributed by atoms with E-state index in [0.29, 0.717) is 6.04 Å². The first-order valence-corrected chi connectivity index (χ1v) is 7.50. The third kappa shape index (κ3) is 3.60. The first-order valence-electron chi connectivity index (χ1n) is 7.50. The Morgan fingerprint density at radius 3 is 2.61 bits per heavy atom. The van der Waals surface area contributed by atoms with E-state index in [-0.39, 0.29) is 30.6 Å². The van der Waals surface area contributed by atoms with Gasteiger partial charge in [-0.1, -0.05) is 12.1 Å². The molecule has 2 bridgehead atoms. The van der Waals surface area contributed by atoms with Gasteiger partial charge in [-0.15, -0.1) is 24.8 Å². The van der Waals surface area contributed by atoms with Crippen molar-refractivity contribution in [3.05, 3.63) is 48.4 Å². The highest BCUT2D eigenvalue weighted by molar-refractivity contribution is 5.85. The van der Waals surface area contributed by atoms with E-state index in [1.54, 1.807) is 12.1 Å². The standard InChI is InChI=1S/C17H18FN3.2ClH/c18-15-3-1-2-13(10-15)14-4-5-17(19-11-14)21-9-8-20-7-6-16(21)12-20;;/h1-5,10-11,16H,6-9,12H2;2*1H. The first kappa shape index (κ1) is 18.0. The Kier molecular flexibility index (Phi) is 5.84. The second kappa shape index (κ2) is 7.47. The van der Waals surface area contributed by atoms with E-state index >= 15 is 0 Å². The van der Waals surface area contributed by atoms with E-state index in [9.17, 15) is 4.39 Å². The summed E-state index contributed by atoms with van der Waals surface area (Å²) >= 11 is 0. The average Bonchev–Trinajstić information content (AvgIpc) is 2.89. The summed E-state index contributed by atoms with van der Waals surface area (Å²) in [5.74, 6) is 0.834. The molecule has 3 heterocycles. The van der Waals surface area contributed by atoms with Crippen LogP contribution in [0, 0.1) is 5.82 Å². The molecule has 2 aliphatic rings. The van der Waals surface area contributed by atoms with Crippen molar-refractivity contribution in [1.29, 1.82) is 0 Å². The molecule has 0 aliphatic carbocycles. The Morgan fingerprint density at radius 2 is 1.87 bits per heavy atom. The highest BCUT2D eigenvalue weighted by atomic mass is 35.5. The molecular formula is C17H20Cl2FN3. The number of fused-ring (bicyclic) bond motifs is 2. The molecule has 3 nitrogen and oxygen atoms in total. The van der Waals surface area contributed by atoms with E-state index in [2.05, 4.69) is 20.9 Å². The number of hydrogen-bond acceptors (Lipinski definition) is 3. The summed E-state index contributed by atoms with van der Waals surface area (Å²) in [5.41, 5.74) is 1.84. The highest BCUT2D eigenvalue weighted by Crippen LogP contribution is 2.27. The number of hydrogen-bond donors (Lipinski definition) is 0. The second-order valence-corrected chi connectivity index (χ2v) is 5.85. The van der Waals surface area contributed by atoms with E-state index in [1.165, 1.54) is 19.0 Å². The molecule has 4 rings (SSSR count). The lowest BCUT2D eigenvalue weighted by Gasteiger charge is -2.35. The minimum absolute atomic E-state index is 0. The molecule has 1 aromatic heterocycles. The van der Waals surface area contributed by atoms with Crippen molar-refractivity contribution in [3.63, 3.8) is 0 Å². The summed E-state index contributed by atoms with van der Waals surface area (Å²) in [6.45, 7) is 4.55. The summed E-state index contributed by atoms with van der Waals surface area (Å²) in [6.07, 6.45) is 3.08. The molecule has 0 amide bonds. The zero-order valence-corrected chi connectivity index (χ0v) is 14.3. The molecule has 2 aromatic rings. The summed E-state index contributed by atoms with van der Waals surface area (Å²) in [5, 5.41) is 0. The maximum Gasteiger partial charge on any atom is 0.128 e. The van der Waals surface area contributed by atoms with Crippen molar-refractivity contribution in [2.75, 3.05) is 31.1 Å². The van der Waals surface area contributed by atoms with Gasteiger partial charge in [-0.05, 0) is 36.2 Å². The number of pyridine rings is 1. The van der Waals surface area contributed by atoms with Crippen LogP contribution in [0.25, 0.3) is 11.1 Å². The Hall–Kier alpha value is -1.36. The van der Waals surface area contributed by atoms with Gasteiger partial charge in [0.1, 0.15) is 11.6 Å². The first-order chi connectivity index (χ1) is 10.3. The zero-order valence-electron chi connectivity index (χ0n) is 12.7. The number of halogens is 3. The van der Waals surface area contributed by atoms with Gasteiger partial charge in [0.05, 0.1) is 0 Å². The van der Waals surface area contributed by atoms with Crippen LogP contribution in [-0.2, 0) is 0 Å². The smallest absolute Gasteiger partial charge is 0.128 e. The Labute approximate surface area is 148 Å².